The van der Waals surface area contributed by atoms with E-state index in [1.165, 1.54) is 19.3 Å². The number of hydrazine groups is 1. The van der Waals surface area contributed by atoms with E-state index in [0.29, 0.717) is 5.92 Å². The fraction of sp³-hybridized carbons (Fsp3) is 0.867. The van der Waals surface area contributed by atoms with Crippen molar-refractivity contribution in [3.63, 3.8) is 0 Å². The van der Waals surface area contributed by atoms with Gasteiger partial charge in [0.2, 0.25) is 0 Å². The van der Waals surface area contributed by atoms with Crippen molar-refractivity contribution < 1.29 is 0 Å². The molecule has 0 aromatic heterocycles. The van der Waals surface area contributed by atoms with Crippen molar-refractivity contribution in [2.75, 3.05) is 6.54 Å². The van der Waals surface area contributed by atoms with Gasteiger partial charge in [0, 0.05) is 18.4 Å². The minimum atomic E-state index is 0.715. The molecule has 0 aromatic carbocycles. The normalized spacial score (nSPS) is 33.5. The van der Waals surface area contributed by atoms with E-state index in [9.17, 15) is 0 Å². The summed E-state index contributed by atoms with van der Waals surface area (Å²) in [5.74, 6) is 9.27. The average molecular weight is 253 g/mol. The van der Waals surface area contributed by atoms with Gasteiger partial charge >= 0.3 is 0 Å². The molecule has 0 amide bonds. The third-order valence-electron chi connectivity index (χ3n) is 4.72. The SMILES string of the molecule is CC/C(N)=C/N(N)CC1CC(C)C(C)C(CC)C1. The van der Waals surface area contributed by atoms with Crippen LogP contribution in [-0.2, 0) is 0 Å². The molecule has 1 aliphatic rings. The Labute approximate surface area is 113 Å². The molecule has 1 rings (SSSR count). The maximum Gasteiger partial charge on any atom is 0.0364 e. The molecule has 0 heterocycles. The number of allylic oxidation sites excluding steroid dienone is 1. The molecule has 0 spiro atoms. The molecule has 18 heavy (non-hydrogen) atoms. The minimum Gasteiger partial charge on any atom is -0.401 e. The molecule has 4 unspecified atom stereocenters. The van der Waals surface area contributed by atoms with Crippen molar-refractivity contribution in [1.29, 1.82) is 0 Å². The highest BCUT2D eigenvalue weighted by Crippen LogP contribution is 2.39. The lowest BCUT2D eigenvalue weighted by molar-refractivity contribution is 0.107. The largest absolute Gasteiger partial charge is 0.401 e. The monoisotopic (exact) mass is 253 g/mol. The zero-order valence-electron chi connectivity index (χ0n) is 12.5. The van der Waals surface area contributed by atoms with Crippen LogP contribution >= 0.6 is 0 Å². The highest BCUT2D eigenvalue weighted by Gasteiger charge is 2.31. The molecule has 4 atom stereocenters. The molecule has 0 aliphatic heterocycles. The molecule has 3 nitrogen and oxygen atoms in total. The molecular formula is C15H31N3. The Kier molecular flexibility index (Phi) is 6.00. The van der Waals surface area contributed by atoms with E-state index in [2.05, 4.69) is 27.7 Å². The first-order valence-electron chi connectivity index (χ1n) is 7.45. The van der Waals surface area contributed by atoms with Gasteiger partial charge in [-0.1, -0.05) is 34.1 Å². The molecule has 106 valence electrons. The lowest BCUT2D eigenvalue weighted by atomic mass is 9.68. The number of nitrogens with two attached hydrogens (primary N) is 2. The fourth-order valence-electron chi connectivity index (χ4n) is 3.29. The summed E-state index contributed by atoms with van der Waals surface area (Å²) in [5.41, 5.74) is 6.68. The molecule has 1 saturated carbocycles. The summed E-state index contributed by atoms with van der Waals surface area (Å²) in [6.45, 7) is 10.1. The lowest BCUT2D eigenvalue weighted by Gasteiger charge is -2.39. The van der Waals surface area contributed by atoms with Crippen molar-refractivity contribution >= 4 is 0 Å². The summed E-state index contributed by atoms with van der Waals surface area (Å²) in [7, 11) is 0. The molecule has 0 saturated heterocycles. The molecule has 3 heteroatoms. The van der Waals surface area contributed by atoms with E-state index < -0.39 is 0 Å². The quantitative estimate of drug-likeness (QED) is 0.585. The molecule has 4 N–H and O–H groups in total. The summed E-state index contributed by atoms with van der Waals surface area (Å²) < 4.78 is 0. The smallest absolute Gasteiger partial charge is 0.0364 e. The second-order valence-corrected chi connectivity index (χ2v) is 6.10. The van der Waals surface area contributed by atoms with Crippen LogP contribution in [0.5, 0.6) is 0 Å². The van der Waals surface area contributed by atoms with Crippen LogP contribution in [0.1, 0.15) is 53.4 Å². The van der Waals surface area contributed by atoms with Crippen LogP contribution in [0.2, 0.25) is 0 Å². The van der Waals surface area contributed by atoms with Crippen LogP contribution in [0.4, 0.5) is 0 Å². The lowest BCUT2D eigenvalue weighted by Crippen LogP contribution is -2.38. The van der Waals surface area contributed by atoms with E-state index in [1.54, 1.807) is 5.01 Å². The third kappa shape index (κ3) is 4.20. The second kappa shape index (κ2) is 7.03. The zero-order valence-corrected chi connectivity index (χ0v) is 12.5. The summed E-state index contributed by atoms with van der Waals surface area (Å²) in [5, 5.41) is 1.79. The van der Waals surface area contributed by atoms with Gasteiger partial charge in [0.25, 0.3) is 0 Å². The van der Waals surface area contributed by atoms with Crippen LogP contribution in [0.15, 0.2) is 11.9 Å². The summed E-state index contributed by atoms with van der Waals surface area (Å²) in [4.78, 5) is 0. The van der Waals surface area contributed by atoms with E-state index >= 15 is 0 Å². The van der Waals surface area contributed by atoms with Crippen LogP contribution in [0.25, 0.3) is 0 Å². The summed E-state index contributed by atoms with van der Waals surface area (Å²) in [6.07, 6.45) is 6.66. The first kappa shape index (κ1) is 15.4. The predicted octanol–water partition coefficient (Wildman–Crippen LogP) is 3.08. The Morgan fingerprint density at radius 1 is 1.28 bits per heavy atom. The van der Waals surface area contributed by atoms with Crippen molar-refractivity contribution in [1.82, 2.24) is 5.01 Å². The minimum absolute atomic E-state index is 0.715. The van der Waals surface area contributed by atoms with E-state index in [-0.39, 0.29) is 0 Å². The molecular weight excluding hydrogens is 222 g/mol. The first-order valence-corrected chi connectivity index (χ1v) is 7.45. The van der Waals surface area contributed by atoms with Crippen molar-refractivity contribution in [2.24, 2.45) is 35.2 Å². The molecule has 0 aromatic rings. The maximum atomic E-state index is 6.02. The zero-order chi connectivity index (χ0) is 13.7. The van der Waals surface area contributed by atoms with Gasteiger partial charge in [-0.2, -0.15) is 0 Å². The van der Waals surface area contributed by atoms with E-state index in [1.807, 2.05) is 6.20 Å². The Hall–Kier alpha value is -0.700. The highest BCUT2D eigenvalue weighted by atomic mass is 15.4. The third-order valence-corrected chi connectivity index (χ3v) is 4.72. The van der Waals surface area contributed by atoms with Gasteiger partial charge in [-0.3, -0.25) is 0 Å². The summed E-state index contributed by atoms with van der Waals surface area (Å²) in [6, 6.07) is 0. The maximum absolute atomic E-state index is 6.02. The van der Waals surface area contributed by atoms with E-state index in [0.717, 1.165) is 36.4 Å². The van der Waals surface area contributed by atoms with Gasteiger partial charge in [0.1, 0.15) is 0 Å². The Balaban J connectivity index is 2.52. The summed E-state index contributed by atoms with van der Waals surface area (Å²) >= 11 is 0. The van der Waals surface area contributed by atoms with Crippen LogP contribution in [-0.4, -0.2) is 11.6 Å². The number of rotatable bonds is 5. The van der Waals surface area contributed by atoms with Gasteiger partial charge in [-0.05, 0) is 42.9 Å². The highest BCUT2D eigenvalue weighted by molar-refractivity contribution is 4.94. The van der Waals surface area contributed by atoms with Crippen LogP contribution < -0.4 is 11.6 Å². The number of nitrogens with zero attached hydrogens (tertiary/aromatic N) is 1. The predicted molar refractivity (Wildman–Crippen MR) is 78.3 cm³/mol. The standard InChI is InChI=1S/C15H31N3/c1-5-14-8-13(7-11(3)12(14)4)9-18(17)10-15(16)6-2/h10-14H,5-9,16-17H2,1-4H3/b15-10-. The van der Waals surface area contributed by atoms with Crippen LogP contribution in [0.3, 0.4) is 0 Å². The van der Waals surface area contributed by atoms with Gasteiger partial charge < -0.3 is 10.7 Å². The van der Waals surface area contributed by atoms with Crippen molar-refractivity contribution in [2.45, 2.75) is 53.4 Å². The topological polar surface area (TPSA) is 55.3 Å². The fourth-order valence-corrected chi connectivity index (χ4v) is 3.29. The van der Waals surface area contributed by atoms with Crippen molar-refractivity contribution in [3.05, 3.63) is 11.9 Å². The average Bonchev–Trinajstić information content (AvgIpc) is 2.33. The second-order valence-electron chi connectivity index (χ2n) is 6.10. The van der Waals surface area contributed by atoms with Crippen molar-refractivity contribution in [3.8, 4) is 0 Å². The Bertz CT molecular complexity index is 275. The molecule has 1 fully saturated rings. The Morgan fingerprint density at radius 3 is 2.50 bits per heavy atom. The number of hydrogen-bond donors (Lipinski definition) is 2. The van der Waals surface area contributed by atoms with Crippen LogP contribution in [0, 0.1) is 23.7 Å². The van der Waals surface area contributed by atoms with E-state index in [4.69, 9.17) is 11.6 Å². The van der Waals surface area contributed by atoms with Gasteiger partial charge in [-0.25, -0.2) is 5.84 Å². The molecule has 0 bridgehead atoms. The molecule has 1 aliphatic carbocycles. The first-order chi connectivity index (χ1) is 8.47. The van der Waals surface area contributed by atoms with Gasteiger partial charge in [0.15, 0.2) is 0 Å². The van der Waals surface area contributed by atoms with Gasteiger partial charge in [0.05, 0.1) is 0 Å². The Morgan fingerprint density at radius 2 is 1.94 bits per heavy atom. The number of hydrogen-bond acceptors (Lipinski definition) is 3. The molecule has 0 radical (unpaired) electrons. The van der Waals surface area contributed by atoms with Gasteiger partial charge in [-0.15, -0.1) is 0 Å².